The van der Waals surface area contributed by atoms with Gasteiger partial charge in [0.2, 0.25) is 0 Å². The Labute approximate surface area is 296 Å². The number of phenolic OH excluding ortho intramolecular Hbond substituents is 6. The number of benzene rings is 5. The molecule has 1 unspecified atom stereocenters. The molecule has 0 aliphatic heterocycles. The summed E-state index contributed by atoms with van der Waals surface area (Å²) in [5, 5.41) is 84.1. The molecule has 51 heavy (non-hydrogen) atoms. The average Bonchev–Trinajstić information content (AvgIpc) is 3.07. The lowest BCUT2D eigenvalue weighted by molar-refractivity contribution is 0.352. The van der Waals surface area contributed by atoms with Crippen LogP contribution in [-0.2, 0) is 17.3 Å². The van der Waals surface area contributed by atoms with E-state index in [4.69, 9.17) is 0 Å². The highest BCUT2D eigenvalue weighted by molar-refractivity contribution is 5.60. The number of phenols is 6. The summed E-state index contributed by atoms with van der Waals surface area (Å²) in [6.07, 6.45) is 2.53. The van der Waals surface area contributed by atoms with Crippen molar-refractivity contribution in [1.29, 1.82) is 0 Å². The highest BCUT2D eigenvalue weighted by Crippen LogP contribution is 2.48. The minimum Gasteiger partial charge on any atom is -0.512 e. The predicted octanol–water partition coefficient (Wildman–Crippen LogP) is 8.97. The molecule has 0 radical (unpaired) electrons. The molecular formula is C43H42O8. The Hall–Kier alpha value is -6.02. The normalized spacial score (nSPS) is 14.3. The third-order valence-corrected chi connectivity index (χ3v) is 10.4. The van der Waals surface area contributed by atoms with Crippen molar-refractivity contribution in [3.8, 4) is 34.5 Å². The predicted molar refractivity (Wildman–Crippen MR) is 196 cm³/mol. The standard InChI is InChI=1S/C43H42O8/c1-42(2,26-8-10-27(11-9-26)43(3,36-18-14-30(46)23-40(36)50)37-19-15-31(47)24-41(37)51)35-7-5-4-6-25(35)20-34(32-16-12-28(44)21-38(32)48)33-17-13-29(45)22-39(33)49/h4-12,14-16,18-19,21-24,34,44-51H,13,17,20H2,1-3H3. The van der Waals surface area contributed by atoms with Crippen LogP contribution in [0.2, 0.25) is 0 Å². The maximum absolute atomic E-state index is 11.0. The average molecular weight is 687 g/mol. The fourth-order valence-corrected chi connectivity index (χ4v) is 7.56. The van der Waals surface area contributed by atoms with Crippen molar-refractivity contribution in [2.45, 2.75) is 56.8 Å². The fourth-order valence-electron chi connectivity index (χ4n) is 7.56. The molecule has 0 fully saturated rings. The van der Waals surface area contributed by atoms with Gasteiger partial charge in [-0.05, 0) is 65.8 Å². The quantitative estimate of drug-likeness (QED) is 0.0713. The van der Waals surface area contributed by atoms with E-state index in [1.807, 2.05) is 49.4 Å². The zero-order valence-corrected chi connectivity index (χ0v) is 28.7. The van der Waals surface area contributed by atoms with Crippen LogP contribution in [0.4, 0.5) is 0 Å². The first-order chi connectivity index (χ1) is 24.2. The van der Waals surface area contributed by atoms with Gasteiger partial charge in [-0.2, -0.15) is 0 Å². The molecule has 1 atom stereocenters. The van der Waals surface area contributed by atoms with Gasteiger partial charge in [-0.1, -0.05) is 80.6 Å². The molecule has 8 nitrogen and oxygen atoms in total. The van der Waals surface area contributed by atoms with E-state index < -0.39 is 16.7 Å². The highest BCUT2D eigenvalue weighted by atomic mass is 16.3. The Balaban J connectivity index is 1.42. The Morgan fingerprint density at radius 2 is 1.08 bits per heavy atom. The summed E-state index contributed by atoms with van der Waals surface area (Å²) < 4.78 is 0. The molecule has 8 N–H and O–H groups in total. The van der Waals surface area contributed by atoms with Crippen LogP contribution < -0.4 is 0 Å². The van der Waals surface area contributed by atoms with Crippen molar-refractivity contribution in [3.63, 3.8) is 0 Å². The third kappa shape index (κ3) is 6.53. The summed E-state index contributed by atoms with van der Waals surface area (Å²) in [6, 6.07) is 29.1. The molecule has 0 heterocycles. The molecule has 0 saturated heterocycles. The van der Waals surface area contributed by atoms with Crippen LogP contribution in [0.3, 0.4) is 0 Å². The van der Waals surface area contributed by atoms with E-state index in [0.29, 0.717) is 41.5 Å². The number of aliphatic hydroxyl groups excluding tert-OH is 2. The van der Waals surface area contributed by atoms with E-state index in [2.05, 4.69) is 19.9 Å². The van der Waals surface area contributed by atoms with Gasteiger partial charge in [-0.3, -0.25) is 0 Å². The monoisotopic (exact) mass is 686 g/mol. The van der Waals surface area contributed by atoms with E-state index in [9.17, 15) is 40.9 Å². The van der Waals surface area contributed by atoms with Crippen molar-refractivity contribution in [2.75, 3.05) is 0 Å². The zero-order valence-electron chi connectivity index (χ0n) is 28.7. The lowest BCUT2D eigenvalue weighted by Gasteiger charge is -2.34. The van der Waals surface area contributed by atoms with Crippen LogP contribution in [-0.4, -0.2) is 40.9 Å². The number of aliphatic hydroxyl groups is 2. The molecule has 1 aliphatic rings. The van der Waals surface area contributed by atoms with Crippen LogP contribution in [0.1, 0.15) is 78.5 Å². The zero-order chi connectivity index (χ0) is 36.7. The van der Waals surface area contributed by atoms with Gasteiger partial charge in [-0.25, -0.2) is 0 Å². The first kappa shape index (κ1) is 34.8. The molecule has 8 heteroatoms. The van der Waals surface area contributed by atoms with Gasteiger partial charge < -0.3 is 40.9 Å². The van der Waals surface area contributed by atoms with Gasteiger partial charge in [0, 0.05) is 64.1 Å². The van der Waals surface area contributed by atoms with Crippen molar-refractivity contribution in [2.24, 2.45) is 0 Å². The summed E-state index contributed by atoms with van der Waals surface area (Å²) in [6.45, 7) is 6.09. The molecule has 0 aromatic heterocycles. The van der Waals surface area contributed by atoms with Crippen molar-refractivity contribution >= 4 is 0 Å². The third-order valence-electron chi connectivity index (χ3n) is 10.4. The van der Waals surface area contributed by atoms with Gasteiger partial charge in [0.05, 0.1) is 5.76 Å². The summed E-state index contributed by atoms with van der Waals surface area (Å²) in [5.41, 5.74) is 4.22. The van der Waals surface area contributed by atoms with Gasteiger partial charge >= 0.3 is 0 Å². The van der Waals surface area contributed by atoms with Crippen molar-refractivity contribution in [3.05, 3.63) is 165 Å². The largest absolute Gasteiger partial charge is 0.512 e. The van der Waals surface area contributed by atoms with Crippen LogP contribution in [0, 0.1) is 0 Å². The van der Waals surface area contributed by atoms with Crippen LogP contribution in [0.15, 0.2) is 126 Å². The van der Waals surface area contributed by atoms with Crippen molar-refractivity contribution < 1.29 is 40.9 Å². The van der Waals surface area contributed by atoms with Gasteiger partial charge in [0.1, 0.15) is 40.3 Å². The number of allylic oxidation sites excluding steroid dienone is 3. The highest BCUT2D eigenvalue weighted by Gasteiger charge is 2.37. The molecule has 0 bridgehead atoms. The maximum Gasteiger partial charge on any atom is 0.123 e. The fraction of sp³-hybridized carbons (Fsp3) is 0.209. The van der Waals surface area contributed by atoms with E-state index >= 15 is 0 Å². The molecule has 262 valence electrons. The van der Waals surface area contributed by atoms with E-state index in [0.717, 1.165) is 22.3 Å². The Kier molecular flexibility index (Phi) is 9.12. The van der Waals surface area contributed by atoms with Crippen molar-refractivity contribution in [1.82, 2.24) is 0 Å². The summed E-state index contributed by atoms with van der Waals surface area (Å²) in [4.78, 5) is 0. The molecule has 0 spiro atoms. The van der Waals surface area contributed by atoms with Crippen LogP contribution in [0.25, 0.3) is 0 Å². The molecule has 5 aromatic rings. The number of rotatable bonds is 9. The smallest absolute Gasteiger partial charge is 0.123 e. The Bertz CT molecular complexity index is 2110. The van der Waals surface area contributed by atoms with Crippen LogP contribution >= 0.6 is 0 Å². The second-order valence-electron chi connectivity index (χ2n) is 13.9. The van der Waals surface area contributed by atoms with E-state index in [1.165, 1.54) is 42.5 Å². The molecule has 1 aliphatic carbocycles. The first-order valence-corrected chi connectivity index (χ1v) is 16.8. The molecule has 0 amide bonds. The second-order valence-corrected chi connectivity index (χ2v) is 13.9. The molecule has 0 saturated carbocycles. The van der Waals surface area contributed by atoms with Gasteiger partial charge in [-0.15, -0.1) is 0 Å². The lowest BCUT2D eigenvalue weighted by atomic mass is 9.69. The van der Waals surface area contributed by atoms with Gasteiger partial charge in [0.25, 0.3) is 0 Å². The number of aromatic hydroxyl groups is 6. The first-order valence-electron chi connectivity index (χ1n) is 16.8. The number of hydrogen-bond donors (Lipinski definition) is 8. The summed E-state index contributed by atoms with van der Waals surface area (Å²) in [7, 11) is 0. The summed E-state index contributed by atoms with van der Waals surface area (Å²) >= 11 is 0. The maximum atomic E-state index is 11.0. The second kappa shape index (κ2) is 13.4. The molecule has 6 rings (SSSR count). The minimum atomic E-state index is -1.09. The van der Waals surface area contributed by atoms with Gasteiger partial charge in [0.15, 0.2) is 0 Å². The molecule has 5 aromatic carbocycles. The van der Waals surface area contributed by atoms with E-state index in [-0.39, 0.29) is 46.0 Å². The lowest BCUT2D eigenvalue weighted by Crippen LogP contribution is -2.26. The molecular weight excluding hydrogens is 644 g/mol. The Morgan fingerprint density at radius 1 is 0.549 bits per heavy atom. The summed E-state index contributed by atoms with van der Waals surface area (Å²) in [5.74, 6) is -1.06. The topological polar surface area (TPSA) is 162 Å². The minimum absolute atomic E-state index is 0.0362. The van der Waals surface area contributed by atoms with E-state index in [1.54, 1.807) is 18.2 Å². The van der Waals surface area contributed by atoms with Crippen LogP contribution in [0.5, 0.6) is 34.5 Å². The number of hydrogen-bond acceptors (Lipinski definition) is 8. The Morgan fingerprint density at radius 3 is 1.63 bits per heavy atom. The SMILES string of the molecule is CC(C)(c1ccc(C(C)(c2ccc(O)cc2O)c2ccc(O)cc2O)cc1)c1ccccc1CC(C1=C(O)C=C(O)CC1)c1ccc(O)cc1O.